The maximum Gasteiger partial charge on any atom is 0.228 e. The van der Waals surface area contributed by atoms with E-state index in [4.69, 9.17) is 9.47 Å². The van der Waals surface area contributed by atoms with Crippen molar-refractivity contribution in [1.29, 1.82) is 0 Å². The molecule has 1 saturated carbocycles. The van der Waals surface area contributed by atoms with E-state index in [1.165, 1.54) is 6.07 Å². The van der Waals surface area contributed by atoms with Crippen LogP contribution in [0.2, 0.25) is 0 Å². The first-order valence-electron chi connectivity index (χ1n) is 7.40. The van der Waals surface area contributed by atoms with E-state index in [1.807, 2.05) is 0 Å². The zero-order valence-electron chi connectivity index (χ0n) is 13.0. The number of ether oxygens (including phenoxy) is 2. The zero-order chi connectivity index (χ0) is 16.4. The van der Waals surface area contributed by atoms with Gasteiger partial charge in [-0.2, -0.15) is 0 Å². The summed E-state index contributed by atoms with van der Waals surface area (Å²) in [7, 11) is 3.10. The number of rotatable bonds is 5. The summed E-state index contributed by atoms with van der Waals surface area (Å²) in [6.07, 6.45) is 0.661. The fourth-order valence-corrected chi connectivity index (χ4v) is 2.72. The van der Waals surface area contributed by atoms with Crippen LogP contribution in [0.3, 0.4) is 0 Å². The molecule has 1 aliphatic rings. The fraction of sp³-hybridized carbons (Fsp3) is 0.278. The van der Waals surface area contributed by atoms with Crippen LogP contribution in [0.1, 0.15) is 17.9 Å². The minimum absolute atomic E-state index is 0.0521. The van der Waals surface area contributed by atoms with Gasteiger partial charge in [-0.15, -0.1) is 0 Å². The molecule has 2 atom stereocenters. The topological polar surface area (TPSA) is 47.6 Å². The fourth-order valence-electron chi connectivity index (χ4n) is 2.72. The molecule has 0 spiro atoms. The van der Waals surface area contributed by atoms with Gasteiger partial charge < -0.3 is 14.8 Å². The maximum absolute atomic E-state index is 13.8. The molecule has 23 heavy (non-hydrogen) atoms. The summed E-state index contributed by atoms with van der Waals surface area (Å²) in [4.78, 5) is 12.4. The molecule has 0 radical (unpaired) electrons. The van der Waals surface area contributed by atoms with Crippen LogP contribution in [0.4, 0.5) is 10.1 Å². The summed E-state index contributed by atoms with van der Waals surface area (Å²) in [5.74, 6) is 0.569. The Morgan fingerprint density at radius 2 is 1.78 bits per heavy atom. The van der Waals surface area contributed by atoms with Crippen LogP contribution in [-0.2, 0) is 4.79 Å². The van der Waals surface area contributed by atoms with Crippen molar-refractivity contribution < 1.29 is 18.7 Å². The van der Waals surface area contributed by atoms with E-state index < -0.39 is 0 Å². The predicted octanol–water partition coefficient (Wildman–Crippen LogP) is 3.59. The van der Waals surface area contributed by atoms with E-state index in [2.05, 4.69) is 5.32 Å². The van der Waals surface area contributed by atoms with Crippen LogP contribution >= 0.6 is 0 Å². The second-order valence-electron chi connectivity index (χ2n) is 5.56. The minimum atomic E-state index is -0.254. The summed E-state index contributed by atoms with van der Waals surface area (Å²) in [5.41, 5.74) is 1.21. The van der Waals surface area contributed by atoms with Gasteiger partial charge >= 0.3 is 0 Å². The van der Waals surface area contributed by atoms with Crippen molar-refractivity contribution in [3.8, 4) is 11.5 Å². The van der Waals surface area contributed by atoms with Gasteiger partial charge in [-0.3, -0.25) is 4.79 Å². The number of amides is 1. The van der Waals surface area contributed by atoms with Crippen molar-refractivity contribution in [2.45, 2.75) is 12.3 Å². The van der Waals surface area contributed by atoms with E-state index in [0.717, 1.165) is 0 Å². The van der Waals surface area contributed by atoms with Gasteiger partial charge in [0.15, 0.2) is 0 Å². The lowest BCUT2D eigenvalue weighted by Gasteiger charge is -2.10. The standard InChI is InChI=1S/C18H18FNO3/c1-22-12-7-11(8-13(9-12)23-2)20-18(21)16-10-15(16)14-5-3-4-6-17(14)19/h3-9,15-16H,10H2,1-2H3,(H,20,21). The highest BCUT2D eigenvalue weighted by Gasteiger charge is 2.45. The minimum Gasteiger partial charge on any atom is -0.497 e. The molecule has 0 aliphatic heterocycles. The van der Waals surface area contributed by atoms with Crippen molar-refractivity contribution in [2.24, 2.45) is 5.92 Å². The number of hydrogen-bond donors (Lipinski definition) is 1. The predicted molar refractivity (Wildman–Crippen MR) is 85.4 cm³/mol. The van der Waals surface area contributed by atoms with Crippen LogP contribution in [-0.4, -0.2) is 20.1 Å². The van der Waals surface area contributed by atoms with Gasteiger partial charge in [0.1, 0.15) is 17.3 Å². The third-order valence-corrected chi connectivity index (χ3v) is 4.05. The molecule has 0 bridgehead atoms. The number of halogens is 1. The summed E-state index contributed by atoms with van der Waals surface area (Å²) < 4.78 is 24.1. The molecule has 1 N–H and O–H groups in total. The molecule has 0 saturated heterocycles. The van der Waals surface area contributed by atoms with E-state index in [9.17, 15) is 9.18 Å². The molecule has 1 fully saturated rings. The summed E-state index contributed by atoms with van der Waals surface area (Å²) in [6.45, 7) is 0. The third kappa shape index (κ3) is 3.28. The average Bonchev–Trinajstić information content (AvgIpc) is 3.35. The first kappa shape index (κ1) is 15.3. The van der Waals surface area contributed by atoms with Gasteiger partial charge in [-0.25, -0.2) is 4.39 Å². The molecule has 2 aromatic rings. The maximum atomic E-state index is 13.8. The highest BCUT2D eigenvalue weighted by molar-refractivity contribution is 5.95. The van der Waals surface area contributed by atoms with Crippen LogP contribution < -0.4 is 14.8 Å². The van der Waals surface area contributed by atoms with Crippen molar-refractivity contribution in [3.63, 3.8) is 0 Å². The SMILES string of the molecule is COc1cc(NC(=O)C2CC2c2ccccc2F)cc(OC)c1. The second kappa shape index (κ2) is 6.28. The average molecular weight is 315 g/mol. The number of carbonyl (C=O) groups excluding carboxylic acids is 1. The Morgan fingerprint density at radius 3 is 2.39 bits per heavy atom. The molecule has 1 amide bonds. The lowest BCUT2D eigenvalue weighted by molar-refractivity contribution is -0.117. The first-order valence-corrected chi connectivity index (χ1v) is 7.40. The zero-order valence-corrected chi connectivity index (χ0v) is 13.0. The molecular weight excluding hydrogens is 297 g/mol. The molecule has 5 heteroatoms. The van der Waals surface area contributed by atoms with E-state index >= 15 is 0 Å². The van der Waals surface area contributed by atoms with Gasteiger partial charge in [-0.05, 0) is 24.0 Å². The van der Waals surface area contributed by atoms with Crippen molar-refractivity contribution in [2.75, 3.05) is 19.5 Å². The highest BCUT2D eigenvalue weighted by Crippen LogP contribution is 2.48. The monoisotopic (exact) mass is 315 g/mol. The lowest BCUT2D eigenvalue weighted by atomic mass is 10.1. The highest BCUT2D eigenvalue weighted by atomic mass is 19.1. The van der Waals surface area contributed by atoms with Crippen LogP contribution in [0, 0.1) is 11.7 Å². The van der Waals surface area contributed by atoms with Crippen molar-refractivity contribution >= 4 is 11.6 Å². The van der Waals surface area contributed by atoms with Gasteiger partial charge in [0.05, 0.1) is 14.2 Å². The van der Waals surface area contributed by atoms with Gasteiger partial charge in [0, 0.05) is 29.8 Å². The van der Waals surface area contributed by atoms with Gasteiger partial charge in [0.2, 0.25) is 5.91 Å². The summed E-state index contributed by atoms with van der Waals surface area (Å²) in [6, 6.07) is 11.8. The Balaban J connectivity index is 1.70. The molecular formula is C18H18FNO3. The lowest BCUT2D eigenvalue weighted by Crippen LogP contribution is -2.14. The molecule has 2 unspecified atom stereocenters. The van der Waals surface area contributed by atoms with Crippen molar-refractivity contribution in [1.82, 2.24) is 0 Å². The number of benzene rings is 2. The molecule has 0 heterocycles. The molecule has 120 valence electrons. The molecule has 4 nitrogen and oxygen atoms in total. The second-order valence-corrected chi connectivity index (χ2v) is 5.56. The number of methoxy groups -OCH3 is 2. The Hall–Kier alpha value is -2.56. The Kier molecular flexibility index (Phi) is 4.19. The number of hydrogen-bond acceptors (Lipinski definition) is 3. The quantitative estimate of drug-likeness (QED) is 0.917. The molecule has 0 aromatic heterocycles. The molecule has 3 rings (SSSR count). The van der Waals surface area contributed by atoms with Crippen LogP contribution in [0.5, 0.6) is 11.5 Å². The number of nitrogens with one attached hydrogen (secondary N) is 1. The normalized spacial score (nSPS) is 19.1. The van der Waals surface area contributed by atoms with Crippen LogP contribution in [0.25, 0.3) is 0 Å². The van der Waals surface area contributed by atoms with E-state index in [1.54, 1.807) is 50.6 Å². The van der Waals surface area contributed by atoms with Gasteiger partial charge in [-0.1, -0.05) is 18.2 Å². The number of carbonyl (C=O) groups is 1. The Morgan fingerprint density at radius 1 is 1.13 bits per heavy atom. The van der Waals surface area contributed by atoms with Gasteiger partial charge in [0.25, 0.3) is 0 Å². The van der Waals surface area contributed by atoms with Crippen molar-refractivity contribution in [3.05, 3.63) is 53.8 Å². The largest absolute Gasteiger partial charge is 0.497 e. The first-order chi connectivity index (χ1) is 11.1. The van der Waals surface area contributed by atoms with E-state index in [-0.39, 0.29) is 23.6 Å². The van der Waals surface area contributed by atoms with Crippen LogP contribution in [0.15, 0.2) is 42.5 Å². The smallest absolute Gasteiger partial charge is 0.228 e. The Bertz CT molecular complexity index is 710. The Labute approximate surface area is 134 Å². The molecule has 2 aromatic carbocycles. The molecule has 1 aliphatic carbocycles. The summed E-state index contributed by atoms with van der Waals surface area (Å²) >= 11 is 0. The number of anilines is 1. The summed E-state index contributed by atoms with van der Waals surface area (Å²) in [5, 5.41) is 2.85. The van der Waals surface area contributed by atoms with E-state index in [0.29, 0.717) is 29.2 Å². The third-order valence-electron chi connectivity index (χ3n) is 4.05.